The van der Waals surface area contributed by atoms with E-state index in [0.717, 1.165) is 10.9 Å². The van der Waals surface area contributed by atoms with Crippen molar-refractivity contribution in [2.24, 2.45) is 0 Å². The SMILES string of the molecule is COc1ccc(-c2c(OC)nc3cc(Cl)ccc3c2N)cc1OC. The highest BCUT2D eigenvalue weighted by atomic mass is 35.5. The van der Waals surface area contributed by atoms with Crippen LogP contribution in [0.3, 0.4) is 0 Å². The molecule has 2 aromatic carbocycles. The first kappa shape index (κ1) is 16.2. The van der Waals surface area contributed by atoms with Crippen molar-refractivity contribution in [3.05, 3.63) is 41.4 Å². The van der Waals surface area contributed by atoms with Gasteiger partial charge >= 0.3 is 0 Å². The summed E-state index contributed by atoms with van der Waals surface area (Å²) in [6.45, 7) is 0. The Bertz CT molecular complexity index is 912. The molecule has 0 radical (unpaired) electrons. The number of nitrogens with two attached hydrogens (primary N) is 1. The lowest BCUT2D eigenvalue weighted by molar-refractivity contribution is 0.355. The summed E-state index contributed by atoms with van der Waals surface area (Å²) in [4.78, 5) is 4.53. The van der Waals surface area contributed by atoms with Gasteiger partial charge in [0.2, 0.25) is 5.88 Å². The largest absolute Gasteiger partial charge is 0.493 e. The van der Waals surface area contributed by atoms with E-state index in [0.29, 0.717) is 39.2 Å². The first-order valence-corrected chi connectivity index (χ1v) is 7.62. The Hall–Kier alpha value is -2.66. The number of ether oxygens (including phenoxy) is 3. The maximum Gasteiger partial charge on any atom is 0.223 e. The number of halogens is 1. The van der Waals surface area contributed by atoms with Crippen molar-refractivity contribution in [2.45, 2.75) is 0 Å². The normalized spacial score (nSPS) is 10.7. The number of benzene rings is 2. The van der Waals surface area contributed by atoms with Crippen molar-refractivity contribution < 1.29 is 14.2 Å². The van der Waals surface area contributed by atoms with E-state index < -0.39 is 0 Å². The number of fused-ring (bicyclic) bond motifs is 1. The van der Waals surface area contributed by atoms with Gasteiger partial charge in [-0.25, -0.2) is 4.98 Å². The highest BCUT2D eigenvalue weighted by molar-refractivity contribution is 6.31. The van der Waals surface area contributed by atoms with E-state index in [1.807, 2.05) is 24.3 Å². The molecule has 5 nitrogen and oxygen atoms in total. The fraction of sp³-hybridized carbons (Fsp3) is 0.167. The quantitative estimate of drug-likeness (QED) is 0.769. The molecule has 1 aromatic heterocycles. The van der Waals surface area contributed by atoms with Gasteiger partial charge in [0.25, 0.3) is 0 Å². The molecule has 0 atom stereocenters. The fourth-order valence-corrected chi connectivity index (χ4v) is 2.82. The van der Waals surface area contributed by atoms with Crippen molar-refractivity contribution >= 4 is 28.2 Å². The number of rotatable bonds is 4. The fourth-order valence-electron chi connectivity index (χ4n) is 2.66. The molecule has 24 heavy (non-hydrogen) atoms. The van der Waals surface area contributed by atoms with Gasteiger partial charge in [-0.05, 0) is 35.9 Å². The highest BCUT2D eigenvalue weighted by Crippen LogP contribution is 2.41. The van der Waals surface area contributed by atoms with E-state index in [2.05, 4.69) is 4.98 Å². The standard InChI is InChI=1S/C18H17ClN2O3/c1-22-14-7-4-10(8-15(14)23-2)16-17(20)12-6-5-11(19)9-13(12)21-18(16)24-3/h4-9H,1-3H3,(H2,20,21). The number of methoxy groups -OCH3 is 3. The van der Waals surface area contributed by atoms with E-state index in [4.69, 9.17) is 31.5 Å². The summed E-state index contributed by atoms with van der Waals surface area (Å²) in [5, 5.41) is 1.40. The van der Waals surface area contributed by atoms with E-state index in [9.17, 15) is 0 Å². The van der Waals surface area contributed by atoms with Crippen molar-refractivity contribution in [2.75, 3.05) is 27.1 Å². The molecule has 6 heteroatoms. The third kappa shape index (κ3) is 2.67. The van der Waals surface area contributed by atoms with Crippen LogP contribution < -0.4 is 19.9 Å². The molecule has 3 aromatic rings. The van der Waals surface area contributed by atoms with Crippen LogP contribution in [0.5, 0.6) is 17.4 Å². The summed E-state index contributed by atoms with van der Waals surface area (Å²) in [6.07, 6.45) is 0. The molecule has 0 saturated carbocycles. The Morgan fingerprint density at radius 1 is 0.917 bits per heavy atom. The van der Waals surface area contributed by atoms with Crippen molar-refractivity contribution in [3.8, 4) is 28.5 Å². The van der Waals surface area contributed by atoms with Crippen LogP contribution in [0.4, 0.5) is 5.69 Å². The van der Waals surface area contributed by atoms with Gasteiger partial charge in [-0.1, -0.05) is 17.7 Å². The zero-order valence-electron chi connectivity index (χ0n) is 13.6. The summed E-state index contributed by atoms with van der Waals surface area (Å²) in [6, 6.07) is 10.9. The maximum absolute atomic E-state index is 6.40. The van der Waals surface area contributed by atoms with Crippen molar-refractivity contribution in [1.29, 1.82) is 0 Å². The number of hydrogen-bond donors (Lipinski definition) is 1. The Morgan fingerprint density at radius 2 is 1.67 bits per heavy atom. The van der Waals surface area contributed by atoms with Crippen LogP contribution in [0.2, 0.25) is 5.02 Å². The van der Waals surface area contributed by atoms with Gasteiger partial charge in [-0.3, -0.25) is 0 Å². The molecule has 124 valence electrons. The lowest BCUT2D eigenvalue weighted by Gasteiger charge is -2.15. The van der Waals surface area contributed by atoms with Gasteiger partial charge in [0, 0.05) is 10.4 Å². The predicted molar refractivity (Wildman–Crippen MR) is 96.3 cm³/mol. The Labute approximate surface area is 144 Å². The Morgan fingerprint density at radius 3 is 2.33 bits per heavy atom. The molecule has 0 spiro atoms. The molecular formula is C18H17ClN2O3. The van der Waals surface area contributed by atoms with Crippen LogP contribution in [-0.4, -0.2) is 26.3 Å². The van der Waals surface area contributed by atoms with Crippen molar-refractivity contribution in [1.82, 2.24) is 4.98 Å². The lowest BCUT2D eigenvalue weighted by Crippen LogP contribution is -2.00. The number of pyridine rings is 1. The molecule has 0 aliphatic rings. The number of aromatic nitrogens is 1. The van der Waals surface area contributed by atoms with Crippen LogP contribution in [-0.2, 0) is 0 Å². The van der Waals surface area contributed by atoms with Gasteiger partial charge in [0.15, 0.2) is 11.5 Å². The lowest BCUT2D eigenvalue weighted by atomic mass is 10.0. The van der Waals surface area contributed by atoms with Crippen molar-refractivity contribution in [3.63, 3.8) is 0 Å². The molecule has 0 unspecified atom stereocenters. The third-order valence-corrected chi connectivity index (χ3v) is 4.06. The molecule has 0 aliphatic carbocycles. The Kier molecular flexibility index (Phi) is 4.36. The molecule has 0 bridgehead atoms. The van der Waals surface area contributed by atoms with E-state index in [1.165, 1.54) is 0 Å². The second-order valence-corrected chi connectivity index (χ2v) is 5.58. The summed E-state index contributed by atoms with van der Waals surface area (Å²) in [5.41, 5.74) is 9.18. The summed E-state index contributed by atoms with van der Waals surface area (Å²) >= 11 is 6.04. The van der Waals surface area contributed by atoms with Crippen LogP contribution in [0.15, 0.2) is 36.4 Å². The number of nitrogen functional groups attached to an aromatic ring is 1. The van der Waals surface area contributed by atoms with E-state index in [1.54, 1.807) is 33.5 Å². The van der Waals surface area contributed by atoms with Gasteiger partial charge < -0.3 is 19.9 Å². The minimum Gasteiger partial charge on any atom is -0.493 e. The molecule has 0 aliphatic heterocycles. The first-order valence-electron chi connectivity index (χ1n) is 7.24. The second kappa shape index (κ2) is 6.45. The van der Waals surface area contributed by atoms with Crippen LogP contribution in [0, 0.1) is 0 Å². The first-order chi connectivity index (χ1) is 11.6. The van der Waals surface area contributed by atoms with Gasteiger partial charge in [0.05, 0.1) is 38.1 Å². The van der Waals surface area contributed by atoms with E-state index in [-0.39, 0.29) is 0 Å². The summed E-state index contributed by atoms with van der Waals surface area (Å²) in [5.74, 6) is 1.67. The van der Waals surface area contributed by atoms with E-state index >= 15 is 0 Å². The minimum atomic E-state index is 0.425. The molecule has 0 fully saturated rings. The molecule has 1 heterocycles. The summed E-state index contributed by atoms with van der Waals surface area (Å²) < 4.78 is 16.1. The average molecular weight is 345 g/mol. The minimum absolute atomic E-state index is 0.425. The van der Waals surface area contributed by atoms with Crippen LogP contribution in [0.25, 0.3) is 22.0 Å². The second-order valence-electron chi connectivity index (χ2n) is 5.14. The number of anilines is 1. The van der Waals surface area contributed by atoms with Gasteiger partial charge in [-0.2, -0.15) is 0 Å². The third-order valence-electron chi connectivity index (χ3n) is 3.82. The molecular weight excluding hydrogens is 328 g/mol. The van der Waals surface area contributed by atoms with Crippen LogP contribution in [0.1, 0.15) is 0 Å². The number of hydrogen-bond acceptors (Lipinski definition) is 5. The van der Waals surface area contributed by atoms with Gasteiger partial charge in [-0.15, -0.1) is 0 Å². The predicted octanol–water partition coefficient (Wildman–Crippen LogP) is 4.16. The van der Waals surface area contributed by atoms with Crippen LogP contribution >= 0.6 is 11.6 Å². The topological polar surface area (TPSA) is 66.6 Å². The average Bonchev–Trinajstić information content (AvgIpc) is 2.60. The molecule has 0 amide bonds. The maximum atomic E-state index is 6.40. The zero-order chi connectivity index (χ0) is 17.3. The number of nitrogens with zero attached hydrogens (tertiary/aromatic N) is 1. The zero-order valence-corrected chi connectivity index (χ0v) is 14.3. The molecule has 2 N–H and O–H groups in total. The summed E-state index contributed by atoms with van der Waals surface area (Å²) in [7, 11) is 4.74. The Balaban J connectivity index is 2.29. The molecule has 3 rings (SSSR count). The highest BCUT2D eigenvalue weighted by Gasteiger charge is 2.17. The molecule has 0 saturated heterocycles. The monoisotopic (exact) mass is 344 g/mol. The van der Waals surface area contributed by atoms with Gasteiger partial charge in [0.1, 0.15) is 0 Å². The smallest absolute Gasteiger partial charge is 0.223 e.